The van der Waals surface area contributed by atoms with Crippen LogP contribution in [0.3, 0.4) is 0 Å². The lowest BCUT2D eigenvalue weighted by Crippen LogP contribution is -2.15. The average molecular weight is 320 g/mol. The molecule has 0 aliphatic carbocycles. The largest absolute Gasteiger partial charge is 0.397 e. The Balaban J connectivity index is 2.01. The summed E-state index contributed by atoms with van der Waals surface area (Å²) in [5, 5.41) is 2.76. The van der Waals surface area contributed by atoms with Crippen molar-refractivity contribution in [3.05, 3.63) is 52.1 Å². The third kappa shape index (κ3) is 3.79. The van der Waals surface area contributed by atoms with Crippen LogP contribution in [0, 0.1) is 6.92 Å². The Bertz CT molecular complexity index is 596. The monoisotopic (exact) mass is 319 g/mol. The molecule has 19 heavy (non-hydrogen) atoms. The maximum Gasteiger partial charge on any atom is 0.229 e. The highest BCUT2D eigenvalue weighted by molar-refractivity contribution is 9.10. The Morgan fingerprint density at radius 3 is 2.68 bits per heavy atom. The van der Waals surface area contributed by atoms with E-state index in [0.29, 0.717) is 17.9 Å². The number of anilines is 2. The molecule has 2 rings (SSSR count). The van der Waals surface area contributed by atoms with E-state index in [1.165, 1.54) is 0 Å². The van der Waals surface area contributed by atoms with Gasteiger partial charge in [-0.25, -0.2) is 4.98 Å². The van der Waals surface area contributed by atoms with Gasteiger partial charge in [0.1, 0.15) is 5.82 Å². The van der Waals surface area contributed by atoms with Crippen LogP contribution < -0.4 is 11.1 Å². The topological polar surface area (TPSA) is 68.0 Å². The van der Waals surface area contributed by atoms with Gasteiger partial charge in [0.15, 0.2) is 0 Å². The molecule has 0 saturated carbocycles. The van der Waals surface area contributed by atoms with Crippen molar-refractivity contribution in [2.24, 2.45) is 0 Å². The lowest BCUT2D eigenvalue weighted by Gasteiger charge is -2.06. The fourth-order valence-electron chi connectivity index (χ4n) is 1.61. The fourth-order valence-corrected chi connectivity index (χ4v) is 1.87. The average Bonchev–Trinajstić information content (AvgIpc) is 2.37. The summed E-state index contributed by atoms with van der Waals surface area (Å²) in [6.07, 6.45) is 1.86. The predicted molar refractivity (Wildman–Crippen MR) is 79.9 cm³/mol. The molecule has 0 unspecified atom stereocenters. The molecule has 0 spiro atoms. The molecule has 5 heteroatoms. The molecular formula is C14H14BrN3O. The Morgan fingerprint density at radius 2 is 2.05 bits per heavy atom. The Hall–Kier alpha value is -1.88. The molecule has 3 N–H and O–H groups in total. The van der Waals surface area contributed by atoms with Gasteiger partial charge in [-0.05, 0) is 36.2 Å². The van der Waals surface area contributed by atoms with Gasteiger partial charge in [0.25, 0.3) is 0 Å². The lowest BCUT2D eigenvalue weighted by atomic mass is 10.1. The molecule has 0 bridgehead atoms. The number of nitrogens with one attached hydrogen (secondary N) is 1. The van der Waals surface area contributed by atoms with Crippen molar-refractivity contribution < 1.29 is 4.79 Å². The van der Waals surface area contributed by atoms with Crippen molar-refractivity contribution in [1.82, 2.24) is 4.98 Å². The number of nitrogens with zero attached hydrogens (tertiary/aromatic N) is 1. The number of carbonyl (C=O) groups excluding carboxylic acids is 1. The number of nitrogen functional groups attached to an aromatic ring is 1. The van der Waals surface area contributed by atoms with Gasteiger partial charge in [-0.1, -0.05) is 28.1 Å². The van der Waals surface area contributed by atoms with E-state index in [1.54, 1.807) is 12.3 Å². The molecule has 4 nitrogen and oxygen atoms in total. The van der Waals surface area contributed by atoms with Crippen molar-refractivity contribution in [2.75, 3.05) is 11.1 Å². The Morgan fingerprint density at radius 1 is 1.37 bits per heavy atom. The normalized spacial score (nSPS) is 10.2. The first-order valence-corrected chi connectivity index (χ1v) is 6.60. The van der Waals surface area contributed by atoms with Gasteiger partial charge >= 0.3 is 0 Å². The van der Waals surface area contributed by atoms with Gasteiger partial charge in [0.2, 0.25) is 5.91 Å². The number of carbonyl (C=O) groups is 1. The van der Waals surface area contributed by atoms with Crippen LogP contribution in [0.25, 0.3) is 0 Å². The van der Waals surface area contributed by atoms with E-state index in [0.717, 1.165) is 15.6 Å². The number of nitrogens with two attached hydrogens (primary N) is 1. The summed E-state index contributed by atoms with van der Waals surface area (Å²) in [5.41, 5.74) is 8.14. The number of pyridine rings is 1. The van der Waals surface area contributed by atoms with Gasteiger partial charge in [-0.2, -0.15) is 0 Å². The zero-order valence-electron chi connectivity index (χ0n) is 10.5. The number of amides is 1. The summed E-state index contributed by atoms with van der Waals surface area (Å²) in [6, 6.07) is 9.40. The maximum atomic E-state index is 11.9. The standard InChI is InChI=1S/C14H14BrN3O/c1-9-6-13(17-8-12(9)16)18-14(19)7-10-2-4-11(15)5-3-10/h2-6,8H,7,16H2,1H3,(H,17,18,19). The molecule has 1 aromatic carbocycles. The van der Waals surface area contributed by atoms with Crippen LogP contribution >= 0.6 is 15.9 Å². The Kier molecular flexibility index (Phi) is 4.16. The van der Waals surface area contributed by atoms with Crippen LogP contribution in [0.4, 0.5) is 11.5 Å². The first-order chi connectivity index (χ1) is 9.04. The zero-order chi connectivity index (χ0) is 13.8. The SMILES string of the molecule is Cc1cc(NC(=O)Cc2ccc(Br)cc2)ncc1N. The lowest BCUT2D eigenvalue weighted by molar-refractivity contribution is -0.115. The number of hydrogen-bond donors (Lipinski definition) is 2. The highest BCUT2D eigenvalue weighted by Crippen LogP contribution is 2.14. The van der Waals surface area contributed by atoms with E-state index in [9.17, 15) is 4.79 Å². The number of halogens is 1. The summed E-state index contributed by atoms with van der Waals surface area (Å²) < 4.78 is 0.993. The summed E-state index contributed by atoms with van der Waals surface area (Å²) in [7, 11) is 0. The zero-order valence-corrected chi connectivity index (χ0v) is 12.1. The summed E-state index contributed by atoms with van der Waals surface area (Å²) in [6.45, 7) is 1.88. The molecule has 0 fully saturated rings. The van der Waals surface area contributed by atoms with E-state index in [-0.39, 0.29) is 5.91 Å². The molecule has 0 radical (unpaired) electrons. The third-order valence-corrected chi connectivity index (χ3v) is 3.23. The van der Waals surface area contributed by atoms with Crippen LogP contribution in [0.2, 0.25) is 0 Å². The van der Waals surface area contributed by atoms with Crippen molar-refractivity contribution >= 4 is 33.3 Å². The number of benzene rings is 1. The van der Waals surface area contributed by atoms with Gasteiger partial charge in [-0.3, -0.25) is 4.79 Å². The van der Waals surface area contributed by atoms with Gasteiger partial charge < -0.3 is 11.1 Å². The van der Waals surface area contributed by atoms with Crippen molar-refractivity contribution in [2.45, 2.75) is 13.3 Å². The van der Waals surface area contributed by atoms with Crippen LogP contribution in [0.1, 0.15) is 11.1 Å². The number of aromatic nitrogens is 1. The smallest absolute Gasteiger partial charge is 0.229 e. The van der Waals surface area contributed by atoms with E-state index in [1.807, 2.05) is 31.2 Å². The van der Waals surface area contributed by atoms with Gasteiger partial charge in [-0.15, -0.1) is 0 Å². The Labute approximate surface area is 120 Å². The second kappa shape index (κ2) is 5.84. The molecule has 2 aromatic rings. The summed E-state index contributed by atoms with van der Waals surface area (Å²) >= 11 is 3.36. The molecule has 1 aromatic heterocycles. The van der Waals surface area contributed by atoms with Crippen molar-refractivity contribution in [3.63, 3.8) is 0 Å². The van der Waals surface area contributed by atoms with Crippen molar-refractivity contribution in [1.29, 1.82) is 0 Å². The minimum absolute atomic E-state index is 0.0982. The van der Waals surface area contributed by atoms with Crippen LogP contribution in [0.5, 0.6) is 0 Å². The summed E-state index contributed by atoms with van der Waals surface area (Å²) in [5.74, 6) is 0.424. The molecule has 0 aliphatic rings. The second-order valence-electron chi connectivity index (χ2n) is 4.28. The number of aryl methyl sites for hydroxylation is 1. The van der Waals surface area contributed by atoms with E-state index in [2.05, 4.69) is 26.2 Å². The molecule has 98 valence electrons. The molecule has 0 saturated heterocycles. The first-order valence-electron chi connectivity index (χ1n) is 5.81. The second-order valence-corrected chi connectivity index (χ2v) is 5.19. The number of hydrogen-bond acceptors (Lipinski definition) is 3. The first kappa shape index (κ1) is 13.5. The van der Waals surface area contributed by atoms with E-state index < -0.39 is 0 Å². The quantitative estimate of drug-likeness (QED) is 0.914. The van der Waals surface area contributed by atoms with Crippen LogP contribution in [-0.2, 0) is 11.2 Å². The molecule has 1 heterocycles. The van der Waals surface area contributed by atoms with Crippen molar-refractivity contribution in [3.8, 4) is 0 Å². The molecule has 0 atom stereocenters. The number of rotatable bonds is 3. The summed E-state index contributed by atoms with van der Waals surface area (Å²) in [4.78, 5) is 15.9. The highest BCUT2D eigenvalue weighted by Gasteiger charge is 2.06. The van der Waals surface area contributed by atoms with Crippen LogP contribution in [0.15, 0.2) is 41.0 Å². The van der Waals surface area contributed by atoms with Crippen LogP contribution in [-0.4, -0.2) is 10.9 Å². The molecular weight excluding hydrogens is 306 g/mol. The maximum absolute atomic E-state index is 11.9. The third-order valence-electron chi connectivity index (χ3n) is 2.70. The predicted octanol–water partition coefficient (Wildman–Crippen LogP) is 2.92. The fraction of sp³-hybridized carbons (Fsp3) is 0.143. The minimum atomic E-state index is -0.0982. The van der Waals surface area contributed by atoms with E-state index in [4.69, 9.17) is 5.73 Å². The van der Waals surface area contributed by atoms with E-state index >= 15 is 0 Å². The molecule has 1 amide bonds. The molecule has 0 aliphatic heterocycles. The van der Waals surface area contributed by atoms with Gasteiger partial charge in [0, 0.05) is 4.47 Å². The highest BCUT2D eigenvalue weighted by atomic mass is 79.9. The van der Waals surface area contributed by atoms with Gasteiger partial charge in [0.05, 0.1) is 18.3 Å². The minimum Gasteiger partial charge on any atom is -0.397 e.